The van der Waals surface area contributed by atoms with Crippen molar-refractivity contribution in [2.24, 2.45) is 5.92 Å². The Morgan fingerprint density at radius 2 is 2.04 bits per heavy atom. The van der Waals surface area contributed by atoms with Crippen LogP contribution in [-0.2, 0) is 4.74 Å². The van der Waals surface area contributed by atoms with Gasteiger partial charge in [0.15, 0.2) is 5.83 Å². The quantitative estimate of drug-likeness (QED) is 0.322. The summed E-state index contributed by atoms with van der Waals surface area (Å²) in [4.78, 5) is 12.4. The molecule has 1 saturated carbocycles. The fourth-order valence-corrected chi connectivity index (χ4v) is 3.68. The van der Waals surface area contributed by atoms with Crippen molar-refractivity contribution in [3.05, 3.63) is 47.3 Å². The van der Waals surface area contributed by atoms with Crippen LogP contribution in [-0.4, -0.2) is 12.6 Å². The lowest BCUT2D eigenvalue weighted by Crippen LogP contribution is -2.17. The van der Waals surface area contributed by atoms with Crippen LogP contribution in [0, 0.1) is 17.2 Å². The molecule has 0 aromatic heterocycles. The van der Waals surface area contributed by atoms with Crippen LogP contribution < -0.4 is 0 Å². The molecule has 1 aromatic carbocycles. The highest BCUT2D eigenvalue weighted by Crippen LogP contribution is 2.38. The Kier molecular flexibility index (Phi) is 8.34. The molecule has 0 N–H and O–H groups in total. The van der Waals surface area contributed by atoms with E-state index in [4.69, 9.17) is 10.00 Å². The molecular weight excluding hydrogens is 329 g/mol. The molecule has 3 nitrogen and oxygen atoms in total. The lowest BCUT2D eigenvalue weighted by molar-refractivity contribution is 0.0497. The van der Waals surface area contributed by atoms with Crippen molar-refractivity contribution < 1.29 is 13.9 Å². The lowest BCUT2D eigenvalue weighted by Gasteiger charge is -2.29. The minimum absolute atomic E-state index is 0.215. The fraction of sp³-hybridized carbons (Fsp3) is 0.545. The number of carbonyl (C=O) groups excluding carboxylic acids is 1. The highest BCUT2D eigenvalue weighted by Gasteiger charge is 2.25. The molecule has 4 heteroatoms. The van der Waals surface area contributed by atoms with E-state index >= 15 is 0 Å². The van der Waals surface area contributed by atoms with Crippen LogP contribution in [0.3, 0.4) is 0 Å². The first-order chi connectivity index (χ1) is 12.7. The molecule has 0 saturated heterocycles. The highest BCUT2D eigenvalue weighted by molar-refractivity contribution is 5.91. The van der Waals surface area contributed by atoms with Gasteiger partial charge >= 0.3 is 5.97 Å². The van der Waals surface area contributed by atoms with Gasteiger partial charge in [0.25, 0.3) is 0 Å². The molecule has 1 aromatic rings. The number of allylic oxidation sites excluding steroid dienone is 2. The number of nitriles is 1. The first-order valence-electron chi connectivity index (χ1n) is 9.67. The fourth-order valence-electron chi connectivity index (χ4n) is 3.68. The minimum atomic E-state index is -0.686. The predicted octanol–water partition coefficient (Wildman–Crippen LogP) is 6.07. The standard InChI is InChI=1S/C22H28FNO2/c1-2-3-15-26-22(25)21-10-5-4-9-20(21)18-13-11-17(12-14-18)7-6-8-19(23)16-24/h4-5,8-10,17-18H,2-3,6-7,11-15H2,1H3/t17-,18-. The van der Waals surface area contributed by atoms with Gasteiger partial charge in [-0.15, -0.1) is 0 Å². The van der Waals surface area contributed by atoms with Crippen LogP contribution in [0.4, 0.5) is 4.39 Å². The molecule has 0 radical (unpaired) electrons. The lowest BCUT2D eigenvalue weighted by atomic mass is 9.76. The number of hydrogen-bond donors (Lipinski definition) is 0. The molecule has 26 heavy (non-hydrogen) atoms. The van der Waals surface area contributed by atoms with Crippen LogP contribution in [0.2, 0.25) is 0 Å². The van der Waals surface area contributed by atoms with Crippen molar-refractivity contribution in [2.45, 2.75) is 64.2 Å². The Hall–Kier alpha value is -2.15. The van der Waals surface area contributed by atoms with Gasteiger partial charge in [0, 0.05) is 0 Å². The molecule has 0 unspecified atom stereocenters. The van der Waals surface area contributed by atoms with Gasteiger partial charge in [-0.1, -0.05) is 31.5 Å². The van der Waals surface area contributed by atoms with E-state index < -0.39 is 5.83 Å². The third kappa shape index (κ3) is 5.98. The summed E-state index contributed by atoms with van der Waals surface area (Å²) in [6.07, 6.45) is 9.04. The molecule has 0 heterocycles. The molecule has 2 rings (SSSR count). The second kappa shape index (κ2) is 10.8. The second-order valence-electron chi connectivity index (χ2n) is 7.04. The van der Waals surface area contributed by atoms with Gasteiger partial charge in [-0.05, 0) is 74.5 Å². The Labute approximate surface area is 155 Å². The van der Waals surface area contributed by atoms with Crippen LogP contribution in [0.15, 0.2) is 36.2 Å². The van der Waals surface area contributed by atoms with E-state index in [0.29, 0.717) is 30.4 Å². The van der Waals surface area contributed by atoms with Gasteiger partial charge in [0.05, 0.1) is 12.2 Å². The van der Waals surface area contributed by atoms with E-state index in [1.165, 1.54) is 12.1 Å². The minimum Gasteiger partial charge on any atom is -0.462 e. The molecule has 1 aliphatic carbocycles. The number of unbranched alkanes of at least 4 members (excludes halogenated alkanes) is 1. The van der Waals surface area contributed by atoms with E-state index in [-0.39, 0.29) is 5.97 Å². The summed E-state index contributed by atoms with van der Waals surface area (Å²) >= 11 is 0. The van der Waals surface area contributed by atoms with Crippen LogP contribution >= 0.6 is 0 Å². The molecule has 0 spiro atoms. The molecule has 0 bridgehead atoms. The summed E-state index contributed by atoms with van der Waals surface area (Å²) in [5.41, 5.74) is 1.80. The van der Waals surface area contributed by atoms with Gasteiger partial charge in [-0.25, -0.2) is 4.79 Å². The molecule has 140 valence electrons. The maximum atomic E-state index is 12.9. The van der Waals surface area contributed by atoms with Crippen LogP contribution in [0.5, 0.6) is 0 Å². The molecular formula is C22H28FNO2. The van der Waals surface area contributed by atoms with Crippen molar-refractivity contribution in [3.63, 3.8) is 0 Å². The number of halogens is 1. The smallest absolute Gasteiger partial charge is 0.338 e. The van der Waals surface area contributed by atoms with E-state index in [1.807, 2.05) is 24.3 Å². The van der Waals surface area contributed by atoms with Crippen LogP contribution in [0.25, 0.3) is 0 Å². The predicted molar refractivity (Wildman–Crippen MR) is 100 cm³/mol. The van der Waals surface area contributed by atoms with Crippen molar-refractivity contribution in [1.82, 2.24) is 0 Å². The van der Waals surface area contributed by atoms with E-state index in [9.17, 15) is 9.18 Å². The maximum Gasteiger partial charge on any atom is 0.338 e. The van der Waals surface area contributed by atoms with Gasteiger partial charge in [-0.3, -0.25) is 0 Å². The highest BCUT2D eigenvalue weighted by atomic mass is 19.1. The SMILES string of the molecule is CCCCOC(=O)c1ccccc1[C@H]1CC[C@H](CCC=C(F)C#N)CC1. The molecule has 0 aliphatic heterocycles. The van der Waals surface area contributed by atoms with Gasteiger partial charge in [0.2, 0.25) is 0 Å². The average Bonchev–Trinajstić information content (AvgIpc) is 2.68. The van der Waals surface area contributed by atoms with Crippen molar-refractivity contribution in [2.75, 3.05) is 6.61 Å². The van der Waals surface area contributed by atoms with Gasteiger partial charge < -0.3 is 4.74 Å². The van der Waals surface area contributed by atoms with Crippen LogP contribution in [0.1, 0.15) is 80.1 Å². The second-order valence-corrected chi connectivity index (χ2v) is 7.04. The van der Waals surface area contributed by atoms with Crippen molar-refractivity contribution in [1.29, 1.82) is 5.26 Å². The zero-order valence-corrected chi connectivity index (χ0v) is 15.5. The summed E-state index contributed by atoms with van der Waals surface area (Å²) in [6, 6.07) is 9.31. The zero-order chi connectivity index (χ0) is 18.8. The number of carbonyl (C=O) groups is 1. The summed E-state index contributed by atoms with van der Waals surface area (Å²) in [5, 5.41) is 8.44. The number of ether oxygens (including phenoxy) is 1. The molecule has 0 atom stereocenters. The average molecular weight is 357 g/mol. The third-order valence-electron chi connectivity index (χ3n) is 5.20. The summed E-state index contributed by atoms with van der Waals surface area (Å²) < 4.78 is 18.3. The Morgan fingerprint density at radius 3 is 2.73 bits per heavy atom. The van der Waals surface area contributed by atoms with Gasteiger partial charge in [-0.2, -0.15) is 9.65 Å². The largest absolute Gasteiger partial charge is 0.462 e. The van der Waals surface area contributed by atoms with E-state index in [0.717, 1.165) is 50.5 Å². The number of esters is 1. The summed E-state index contributed by atoms with van der Waals surface area (Å²) in [5.74, 6) is 0.0488. The number of nitrogens with zero attached hydrogens (tertiary/aromatic N) is 1. The number of benzene rings is 1. The van der Waals surface area contributed by atoms with Crippen molar-refractivity contribution >= 4 is 5.97 Å². The monoisotopic (exact) mass is 357 g/mol. The topological polar surface area (TPSA) is 50.1 Å². The maximum absolute atomic E-state index is 12.9. The summed E-state index contributed by atoms with van der Waals surface area (Å²) in [7, 11) is 0. The Bertz CT molecular complexity index is 654. The molecule has 0 amide bonds. The number of hydrogen-bond acceptors (Lipinski definition) is 3. The Morgan fingerprint density at radius 1 is 1.31 bits per heavy atom. The first-order valence-corrected chi connectivity index (χ1v) is 9.67. The van der Waals surface area contributed by atoms with E-state index in [1.54, 1.807) is 0 Å². The molecule has 1 fully saturated rings. The number of rotatable bonds is 8. The van der Waals surface area contributed by atoms with Crippen molar-refractivity contribution in [3.8, 4) is 6.07 Å². The first kappa shape index (κ1) is 20.2. The third-order valence-corrected chi connectivity index (χ3v) is 5.20. The zero-order valence-electron chi connectivity index (χ0n) is 15.5. The normalized spacial score (nSPS) is 20.4. The Balaban J connectivity index is 1.91. The van der Waals surface area contributed by atoms with Gasteiger partial charge in [0.1, 0.15) is 6.07 Å². The summed E-state index contributed by atoms with van der Waals surface area (Å²) in [6.45, 7) is 2.55. The molecule has 1 aliphatic rings. The van der Waals surface area contributed by atoms with E-state index in [2.05, 4.69) is 6.92 Å².